The van der Waals surface area contributed by atoms with Gasteiger partial charge < -0.3 is 9.88 Å². The summed E-state index contributed by atoms with van der Waals surface area (Å²) < 4.78 is 7.38. The molecular formula is C50H32N4S. The molecule has 3 aromatic heterocycles. The Morgan fingerprint density at radius 2 is 1.16 bits per heavy atom. The standard InChI is InChI=1S/C50H32N4S/c1-3-14-32(15-4-1)39-30-40(33-16-5-2-6-17-33)52-50(51-39)54-41-21-11-9-19-36(41)37-25-27-45-48(49(37)54)47-44(55-45)28-26-43-46(47)38-20-10-12-22-42(38)53(43)35-24-23-31-13-7-8-18-34(31)29-35/h1-30,39H,(H,51,52). The summed E-state index contributed by atoms with van der Waals surface area (Å²) in [6, 6.07) is 63.6. The van der Waals surface area contributed by atoms with Gasteiger partial charge in [0.1, 0.15) is 0 Å². The van der Waals surface area contributed by atoms with Gasteiger partial charge in [-0.1, -0.05) is 133 Å². The van der Waals surface area contributed by atoms with E-state index < -0.39 is 0 Å². The molecule has 0 aliphatic carbocycles. The van der Waals surface area contributed by atoms with Crippen LogP contribution in [0.2, 0.25) is 0 Å². The number of hydrogen-bond acceptors (Lipinski definition) is 3. The van der Waals surface area contributed by atoms with E-state index in [1.807, 2.05) is 11.3 Å². The van der Waals surface area contributed by atoms with Crippen LogP contribution < -0.4 is 5.32 Å². The summed E-state index contributed by atoms with van der Waals surface area (Å²) in [5.74, 6) is 0.819. The Labute approximate surface area is 320 Å². The van der Waals surface area contributed by atoms with Gasteiger partial charge in [-0.3, -0.25) is 4.57 Å². The highest BCUT2D eigenvalue weighted by molar-refractivity contribution is 7.26. The summed E-state index contributed by atoms with van der Waals surface area (Å²) in [7, 11) is 0. The summed E-state index contributed by atoms with van der Waals surface area (Å²) in [6.07, 6.45) is 2.25. The van der Waals surface area contributed by atoms with Gasteiger partial charge >= 0.3 is 0 Å². The molecule has 0 radical (unpaired) electrons. The number of aromatic nitrogens is 2. The van der Waals surface area contributed by atoms with Gasteiger partial charge in [-0.25, -0.2) is 4.99 Å². The second kappa shape index (κ2) is 11.8. The number of thiophene rings is 1. The summed E-state index contributed by atoms with van der Waals surface area (Å²) >= 11 is 1.87. The molecule has 11 aromatic rings. The predicted octanol–water partition coefficient (Wildman–Crippen LogP) is 13.0. The quantitative estimate of drug-likeness (QED) is 0.194. The van der Waals surface area contributed by atoms with Crippen LogP contribution in [0.4, 0.5) is 0 Å². The van der Waals surface area contributed by atoms with Gasteiger partial charge in [0.05, 0.1) is 33.8 Å². The van der Waals surface area contributed by atoms with Gasteiger partial charge in [-0.15, -0.1) is 11.3 Å². The Hall–Kier alpha value is -6.95. The molecule has 1 unspecified atom stereocenters. The summed E-state index contributed by atoms with van der Waals surface area (Å²) in [4.78, 5) is 5.45. The van der Waals surface area contributed by atoms with E-state index in [-0.39, 0.29) is 6.04 Å². The first-order valence-electron chi connectivity index (χ1n) is 18.8. The van der Waals surface area contributed by atoms with Crippen molar-refractivity contribution in [1.29, 1.82) is 0 Å². The first-order chi connectivity index (χ1) is 27.3. The van der Waals surface area contributed by atoms with Gasteiger partial charge in [-0.05, 0) is 64.9 Å². The number of nitrogens with zero attached hydrogens (tertiary/aromatic N) is 3. The highest BCUT2D eigenvalue weighted by Crippen LogP contribution is 2.47. The fraction of sp³-hybridized carbons (Fsp3) is 0.0200. The highest BCUT2D eigenvalue weighted by atomic mass is 32.1. The van der Waals surface area contributed by atoms with E-state index in [9.17, 15) is 0 Å². The van der Waals surface area contributed by atoms with Crippen LogP contribution >= 0.6 is 11.3 Å². The number of benzene rings is 8. The molecule has 1 aliphatic rings. The minimum absolute atomic E-state index is 0.0647. The lowest BCUT2D eigenvalue weighted by atomic mass is 10.0. The van der Waals surface area contributed by atoms with Crippen molar-refractivity contribution in [3.05, 3.63) is 193 Å². The molecule has 1 N–H and O–H groups in total. The SMILES string of the molecule is C1=C(c2ccccc2)N=C(n2c3ccccc3c3ccc4sc5ccc6c(c7ccccc7n6-c6ccc7ccccc7c6)c5c4c32)NC1c1ccccc1. The third-order valence-corrected chi connectivity index (χ3v) is 12.5. The van der Waals surface area contributed by atoms with E-state index in [2.05, 4.69) is 196 Å². The molecule has 0 bridgehead atoms. The smallest absolute Gasteiger partial charge is 0.209 e. The van der Waals surface area contributed by atoms with Crippen LogP contribution in [0.15, 0.2) is 187 Å². The summed E-state index contributed by atoms with van der Waals surface area (Å²) in [5.41, 5.74) is 9.11. The molecule has 258 valence electrons. The fourth-order valence-electron chi connectivity index (χ4n) is 8.92. The molecule has 1 atom stereocenters. The number of rotatable bonds is 3. The maximum Gasteiger partial charge on any atom is 0.209 e. The van der Waals surface area contributed by atoms with Crippen molar-refractivity contribution in [3.63, 3.8) is 0 Å². The van der Waals surface area contributed by atoms with Crippen molar-refractivity contribution >= 4 is 97.5 Å². The van der Waals surface area contributed by atoms with Crippen molar-refractivity contribution in [1.82, 2.24) is 14.5 Å². The number of para-hydroxylation sites is 2. The van der Waals surface area contributed by atoms with Crippen molar-refractivity contribution in [2.24, 2.45) is 4.99 Å². The summed E-state index contributed by atoms with van der Waals surface area (Å²) in [5, 5.41) is 13.9. The van der Waals surface area contributed by atoms with Crippen molar-refractivity contribution in [3.8, 4) is 5.69 Å². The molecule has 0 saturated heterocycles. The largest absolute Gasteiger partial charge is 0.345 e. The summed E-state index contributed by atoms with van der Waals surface area (Å²) in [6.45, 7) is 0. The molecule has 55 heavy (non-hydrogen) atoms. The zero-order valence-corrected chi connectivity index (χ0v) is 30.5. The van der Waals surface area contributed by atoms with Crippen LogP contribution in [0.1, 0.15) is 17.2 Å². The topological polar surface area (TPSA) is 34.2 Å². The van der Waals surface area contributed by atoms with Gasteiger partial charge in [-0.2, -0.15) is 0 Å². The van der Waals surface area contributed by atoms with Crippen molar-refractivity contribution in [2.45, 2.75) is 6.04 Å². The van der Waals surface area contributed by atoms with E-state index in [0.29, 0.717) is 0 Å². The second-order valence-corrected chi connectivity index (χ2v) is 15.5. The molecule has 1 aliphatic heterocycles. The maximum atomic E-state index is 5.45. The zero-order valence-electron chi connectivity index (χ0n) is 29.6. The highest BCUT2D eigenvalue weighted by Gasteiger charge is 2.26. The minimum atomic E-state index is -0.0647. The zero-order chi connectivity index (χ0) is 36.0. The molecule has 4 nitrogen and oxygen atoms in total. The van der Waals surface area contributed by atoms with Crippen LogP contribution in [-0.2, 0) is 0 Å². The molecular weight excluding hydrogens is 689 g/mol. The number of fused-ring (bicyclic) bond motifs is 12. The van der Waals surface area contributed by atoms with Crippen LogP contribution in [0.3, 0.4) is 0 Å². The predicted molar refractivity (Wildman–Crippen MR) is 234 cm³/mol. The lowest BCUT2D eigenvalue weighted by Gasteiger charge is -2.25. The molecule has 8 aromatic carbocycles. The van der Waals surface area contributed by atoms with Crippen LogP contribution in [-0.4, -0.2) is 15.1 Å². The van der Waals surface area contributed by atoms with E-state index in [4.69, 9.17) is 4.99 Å². The minimum Gasteiger partial charge on any atom is -0.345 e. The van der Waals surface area contributed by atoms with Crippen molar-refractivity contribution < 1.29 is 0 Å². The molecule has 0 amide bonds. The van der Waals surface area contributed by atoms with Gasteiger partial charge in [0.25, 0.3) is 0 Å². The van der Waals surface area contributed by atoms with Crippen molar-refractivity contribution in [2.75, 3.05) is 0 Å². The molecule has 0 saturated carbocycles. The van der Waals surface area contributed by atoms with Crippen LogP contribution in [0.25, 0.3) is 85.9 Å². The average molecular weight is 721 g/mol. The van der Waals surface area contributed by atoms with E-state index in [1.165, 1.54) is 74.6 Å². The Bertz CT molecular complexity index is 3400. The second-order valence-electron chi connectivity index (χ2n) is 14.4. The first kappa shape index (κ1) is 30.5. The van der Waals surface area contributed by atoms with Crippen LogP contribution in [0, 0.1) is 0 Å². The van der Waals surface area contributed by atoms with E-state index in [0.717, 1.165) is 28.4 Å². The Morgan fingerprint density at radius 1 is 0.491 bits per heavy atom. The lowest BCUT2D eigenvalue weighted by molar-refractivity contribution is 0.761. The molecule has 12 rings (SSSR count). The Morgan fingerprint density at radius 3 is 2.00 bits per heavy atom. The molecule has 0 spiro atoms. The van der Waals surface area contributed by atoms with Gasteiger partial charge in [0.2, 0.25) is 5.96 Å². The molecule has 0 fully saturated rings. The number of hydrogen-bond donors (Lipinski definition) is 1. The Balaban J connectivity index is 1.20. The average Bonchev–Trinajstić information content (AvgIpc) is 3.91. The third-order valence-electron chi connectivity index (χ3n) is 11.3. The van der Waals surface area contributed by atoms with Gasteiger partial charge in [0, 0.05) is 53.0 Å². The monoisotopic (exact) mass is 720 g/mol. The molecule has 5 heteroatoms. The number of nitrogens with one attached hydrogen (secondary N) is 1. The third kappa shape index (κ3) is 4.54. The van der Waals surface area contributed by atoms with Gasteiger partial charge in [0.15, 0.2) is 0 Å². The normalized spacial score (nSPS) is 14.7. The maximum absolute atomic E-state index is 5.45. The molecule has 4 heterocycles. The van der Waals surface area contributed by atoms with E-state index >= 15 is 0 Å². The van der Waals surface area contributed by atoms with Crippen LogP contribution in [0.5, 0.6) is 0 Å². The first-order valence-corrected chi connectivity index (χ1v) is 19.6. The lowest BCUT2D eigenvalue weighted by Crippen LogP contribution is -2.35. The Kier molecular flexibility index (Phi) is 6.53. The fourth-order valence-corrected chi connectivity index (χ4v) is 10.0. The number of aliphatic imine (C=N–C) groups is 1. The van der Waals surface area contributed by atoms with E-state index in [1.54, 1.807) is 0 Å².